The third-order valence-electron chi connectivity index (χ3n) is 6.76. The molecule has 4 heteroatoms. The molecule has 3 aliphatic rings. The van der Waals surface area contributed by atoms with Crippen LogP contribution < -0.4 is 10.6 Å². The number of carbonyl (C=O) groups is 1. The summed E-state index contributed by atoms with van der Waals surface area (Å²) in [4.78, 5) is 12.8. The van der Waals surface area contributed by atoms with Crippen LogP contribution in [0.1, 0.15) is 78.6 Å². The smallest absolute Gasteiger partial charge is 0.223 e. The van der Waals surface area contributed by atoms with Crippen LogP contribution in [-0.4, -0.2) is 25.0 Å². The maximum atomic E-state index is 12.8. The molecule has 1 amide bonds. The first-order valence-electron chi connectivity index (χ1n) is 9.92. The highest BCUT2D eigenvalue weighted by atomic mass is 35.5. The van der Waals surface area contributed by atoms with Crippen molar-refractivity contribution in [3.63, 3.8) is 0 Å². The second-order valence-corrected chi connectivity index (χ2v) is 9.54. The summed E-state index contributed by atoms with van der Waals surface area (Å²) in [7, 11) is 0. The molecule has 3 fully saturated rings. The highest BCUT2D eigenvalue weighted by molar-refractivity contribution is 5.85. The van der Waals surface area contributed by atoms with Gasteiger partial charge < -0.3 is 10.6 Å². The fourth-order valence-corrected chi connectivity index (χ4v) is 4.85. The molecule has 3 rings (SSSR count). The molecule has 0 bridgehead atoms. The number of nitrogens with one attached hydrogen (secondary N) is 2. The van der Waals surface area contributed by atoms with Crippen LogP contribution in [0.5, 0.6) is 0 Å². The molecule has 24 heavy (non-hydrogen) atoms. The Morgan fingerprint density at radius 1 is 1.17 bits per heavy atom. The minimum atomic E-state index is 0. The van der Waals surface area contributed by atoms with Gasteiger partial charge in [-0.3, -0.25) is 4.79 Å². The van der Waals surface area contributed by atoms with Crippen molar-refractivity contribution in [1.29, 1.82) is 0 Å². The number of piperidine rings is 1. The third-order valence-corrected chi connectivity index (χ3v) is 6.76. The Morgan fingerprint density at radius 3 is 2.38 bits per heavy atom. The lowest BCUT2D eigenvalue weighted by molar-refractivity contribution is -0.125. The molecule has 0 aromatic heterocycles. The third kappa shape index (κ3) is 4.66. The number of halogens is 1. The maximum Gasteiger partial charge on any atom is 0.223 e. The fourth-order valence-electron chi connectivity index (χ4n) is 4.85. The van der Waals surface area contributed by atoms with Crippen LogP contribution in [0.25, 0.3) is 0 Å². The van der Waals surface area contributed by atoms with Gasteiger partial charge >= 0.3 is 0 Å². The average molecular weight is 357 g/mol. The van der Waals surface area contributed by atoms with Crippen LogP contribution in [0.4, 0.5) is 0 Å². The van der Waals surface area contributed by atoms with E-state index in [0.717, 1.165) is 25.4 Å². The summed E-state index contributed by atoms with van der Waals surface area (Å²) >= 11 is 0. The topological polar surface area (TPSA) is 41.1 Å². The van der Waals surface area contributed by atoms with Crippen LogP contribution in [-0.2, 0) is 4.79 Å². The van der Waals surface area contributed by atoms with Gasteiger partial charge in [-0.25, -0.2) is 0 Å². The van der Waals surface area contributed by atoms with E-state index in [1.54, 1.807) is 0 Å². The van der Waals surface area contributed by atoms with Crippen molar-refractivity contribution in [2.24, 2.45) is 22.7 Å². The Hall–Kier alpha value is -0.280. The van der Waals surface area contributed by atoms with Gasteiger partial charge in [0.25, 0.3) is 0 Å². The predicted molar refractivity (Wildman–Crippen MR) is 102 cm³/mol. The van der Waals surface area contributed by atoms with E-state index in [0.29, 0.717) is 23.3 Å². The lowest BCUT2D eigenvalue weighted by Gasteiger charge is -2.36. The lowest BCUT2D eigenvalue weighted by atomic mass is 9.77. The first-order valence-corrected chi connectivity index (χ1v) is 9.92. The Bertz CT molecular complexity index is 420. The number of carbonyl (C=O) groups excluding carboxylic acids is 1. The van der Waals surface area contributed by atoms with Crippen molar-refractivity contribution in [2.45, 2.75) is 84.6 Å². The van der Waals surface area contributed by atoms with E-state index >= 15 is 0 Å². The SMILES string of the molecule is CC(C)(C)C(CC1CCCCC1)NC(=O)C1CC12CCNCC2.Cl. The molecular weight excluding hydrogens is 320 g/mol. The average Bonchev–Trinajstić information content (AvgIpc) is 3.21. The molecule has 1 saturated heterocycles. The molecule has 140 valence electrons. The molecule has 0 aromatic rings. The van der Waals surface area contributed by atoms with Crippen LogP contribution in [0.2, 0.25) is 0 Å². The van der Waals surface area contributed by atoms with Gasteiger partial charge in [-0.15, -0.1) is 12.4 Å². The normalized spacial score (nSPS) is 28.0. The summed E-state index contributed by atoms with van der Waals surface area (Å²) < 4.78 is 0. The van der Waals surface area contributed by atoms with Gasteiger partial charge in [0.15, 0.2) is 0 Å². The molecule has 2 atom stereocenters. The number of hydrogen-bond acceptors (Lipinski definition) is 2. The Kier molecular flexibility index (Phi) is 6.64. The number of amides is 1. The van der Waals surface area contributed by atoms with E-state index in [4.69, 9.17) is 0 Å². The first-order chi connectivity index (χ1) is 10.9. The van der Waals surface area contributed by atoms with Crippen LogP contribution in [0, 0.1) is 22.7 Å². The van der Waals surface area contributed by atoms with E-state index in [-0.39, 0.29) is 17.8 Å². The summed E-state index contributed by atoms with van der Waals surface area (Å²) in [6.45, 7) is 9.04. The maximum absolute atomic E-state index is 12.8. The van der Waals surface area contributed by atoms with Gasteiger partial charge in [0.1, 0.15) is 0 Å². The fraction of sp³-hybridized carbons (Fsp3) is 0.950. The van der Waals surface area contributed by atoms with Gasteiger partial charge in [-0.05, 0) is 55.5 Å². The van der Waals surface area contributed by atoms with Gasteiger partial charge in [0, 0.05) is 12.0 Å². The molecule has 2 N–H and O–H groups in total. The van der Waals surface area contributed by atoms with Crippen molar-refractivity contribution in [3.05, 3.63) is 0 Å². The highest BCUT2D eigenvalue weighted by Crippen LogP contribution is 2.58. The highest BCUT2D eigenvalue weighted by Gasteiger charge is 2.57. The summed E-state index contributed by atoms with van der Waals surface area (Å²) in [5.74, 6) is 1.46. The Balaban J connectivity index is 0.00000208. The van der Waals surface area contributed by atoms with Crippen LogP contribution in [0.15, 0.2) is 0 Å². The van der Waals surface area contributed by atoms with Crippen molar-refractivity contribution in [3.8, 4) is 0 Å². The molecule has 2 saturated carbocycles. The predicted octanol–water partition coefficient (Wildman–Crippen LogP) is 4.30. The molecule has 1 heterocycles. The zero-order valence-electron chi connectivity index (χ0n) is 15.8. The monoisotopic (exact) mass is 356 g/mol. The summed E-state index contributed by atoms with van der Waals surface area (Å²) in [6, 6.07) is 0.331. The van der Waals surface area contributed by atoms with E-state index in [1.165, 1.54) is 51.4 Å². The van der Waals surface area contributed by atoms with E-state index < -0.39 is 0 Å². The Labute approximate surface area is 154 Å². The molecule has 2 aliphatic carbocycles. The second-order valence-electron chi connectivity index (χ2n) is 9.54. The summed E-state index contributed by atoms with van der Waals surface area (Å²) in [5, 5.41) is 6.91. The minimum Gasteiger partial charge on any atom is -0.353 e. The van der Waals surface area contributed by atoms with Gasteiger partial charge in [0.2, 0.25) is 5.91 Å². The molecule has 2 unspecified atom stereocenters. The summed E-state index contributed by atoms with van der Waals surface area (Å²) in [5.41, 5.74) is 0.506. The Morgan fingerprint density at radius 2 is 1.79 bits per heavy atom. The molecule has 0 aromatic carbocycles. The van der Waals surface area contributed by atoms with Crippen LogP contribution in [0.3, 0.4) is 0 Å². The van der Waals surface area contributed by atoms with E-state index in [2.05, 4.69) is 31.4 Å². The zero-order chi connectivity index (χ0) is 16.5. The molecular formula is C20H37ClN2O. The zero-order valence-corrected chi connectivity index (χ0v) is 16.6. The molecule has 1 spiro atoms. The second kappa shape index (κ2) is 7.95. The quantitative estimate of drug-likeness (QED) is 0.788. The molecule has 3 nitrogen and oxygen atoms in total. The standard InChI is InChI=1S/C20H36N2O.ClH/c1-19(2,3)17(13-15-7-5-4-6-8-15)22-18(23)16-14-20(16)9-11-21-12-10-20;/h15-17,21H,4-14H2,1-3H3,(H,22,23);1H. The van der Waals surface area contributed by atoms with Gasteiger partial charge in [0.05, 0.1) is 0 Å². The largest absolute Gasteiger partial charge is 0.353 e. The number of rotatable bonds is 4. The lowest BCUT2D eigenvalue weighted by Crippen LogP contribution is -2.46. The van der Waals surface area contributed by atoms with Crippen molar-refractivity contribution in [1.82, 2.24) is 10.6 Å². The van der Waals surface area contributed by atoms with Crippen LogP contribution >= 0.6 is 12.4 Å². The summed E-state index contributed by atoms with van der Waals surface area (Å²) in [6.07, 6.45) is 11.6. The first kappa shape index (κ1) is 20.0. The van der Waals surface area contributed by atoms with E-state index in [9.17, 15) is 4.79 Å². The van der Waals surface area contributed by atoms with E-state index in [1.807, 2.05) is 0 Å². The number of hydrogen-bond donors (Lipinski definition) is 2. The molecule has 0 radical (unpaired) electrons. The minimum absolute atomic E-state index is 0. The van der Waals surface area contributed by atoms with Gasteiger partial charge in [-0.2, -0.15) is 0 Å². The van der Waals surface area contributed by atoms with Crippen molar-refractivity contribution in [2.75, 3.05) is 13.1 Å². The molecule has 1 aliphatic heterocycles. The van der Waals surface area contributed by atoms with Crippen molar-refractivity contribution >= 4 is 18.3 Å². The van der Waals surface area contributed by atoms with Crippen molar-refractivity contribution < 1.29 is 4.79 Å². The van der Waals surface area contributed by atoms with Gasteiger partial charge in [-0.1, -0.05) is 52.9 Å².